The molecule has 1 heterocycles. The van der Waals surface area contributed by atoms with E-state index in [0.717, 1.165) is 30.2 Å². The Morgan fingerprint density at radius 3 is 1.72 bits per heavy atom. The molecule has 1 aliphatic rings. The first-order chi connectivity index (χ1) is 14.3. The minimum atomic E-state index is 0.594. The van der Waals surface area contributed by atoms with Gasteiger partial charge in [-0.1, -0.05) is 24.3 Å². The second-order valence-electron chi connectivity index (χ2n) is 6.85. The average molecular weight is 401 g/mol. The second-order valence-corrected chi connectivity index (χ2v) is 6.85. The Labute approximate surface area is 173 Å². The van der Waals surface area contributed by atoms with Crippen LogP contribution in [0.5, 0.6) is 0 Å². The summed E-state index contributed by atoms with van der Waals surface area (Å²) in [4.78, 5) is 4.50. The van der Waals surface area contributed by atoms with E-state index in [0.29, 0.717) is 52.9 Å². The molecule has 0 radical (unpaired) electrons. The SMILES string of the molecule is CN(c1ccccc1)c1cccc(N2CCOCCOCCOCCOCC2)c1. The van der Waals surface area contributed by atoms with Crippen LogP contribution in [0.2, 0.25) is 0 Å². The van der Waals surface area contributed by atoms with Crippen molar-refractivity contribution < 1.29 is 18.9 Å². The molecule has 2 aromatic rings. The lowest BCUT2D eigenvalue weighted by molar-refractivity contribution is 0.00206. The highest BCUT2D eigenvalue weighted by molar-refractivity contribution is 5.67. The van der Waals surface area contributed by atoms with Crippen LogP contribution in [0.3, 0.4) is 0 Å². The Morgan fingerprint density at radius 2 is 1.14 bits per heavy atom. The molecule has 3 rings (SSSR count). The number of anilines is 3. The van der Waals surface area contributed by atoms with Crippen molar-refractivity contribution in [2.75, 3.05) is 82.8 Å². The molecule has 0 bridgehead atoms. The van der Waals surface area contributed by atoms with Crippen molar-refractivity contribution in [3.63, 3.8) is 0 Å². The molecule has 0 amide bonds. The first-order valence-corrected chi connectivity index (χ1v) is 10.3. The fourth-order valence-electron chi connectivity index (χ4n) is 3.18. The van der Waals surface area contributed by atoms with Gasteiger partial charge in [-0.15, -0.1) is 0 Å². The fourth-order valence-corrected chi connectivity index (χ4v) is 3.18. The molecule has 0 N–H and O–H groups in total. The number of hydrogen-bond acceptors (Lipinski definition) is 6. The Balaban J connectivity index is 1.66. The van der Waals surface area contributed by atoms with Gasteiger partial charge in [0.05, 0.1) is 52.9 Å². The molecule has 0 saturated carbocycles. The largest absolute Gasteiger partial charge is 0.377 e. The van der Waals surface area contributed by atoms with Crippen molar-refractivity contribution in [1.29, 1.82) is 0 Å². The summed E-state index contributed by atoms with van der Waals surface area (Å²) < 4.78 is 22.5. The van der Waals surface area contributed by atoms with Gasteiger partial charge in [0.25, 0.3) is 0 Å². The fraction of sp³-hybridized carbons (Fsp3) is 0.478. The van der Waals surface area contributed by atoms with E-state index in [1.807, 2.05) is 6.07 Å². The van der Waals surface area contributed by atoms with Crippen molar-refractivity contribution in [3.8, 4) is 0 Å². The van der Waals surface area contributed by atoms with Crippen molar-refractivity contribution in [2.45, 2.75) is 0 Å². The first kappa shape index (κ1) is 21.6. The summed E-state index contributed by atoms with van der Waals surface area (Å²) in [5.74, 6) is 0. The molecular formula is C23H32N2O4. The van der Waals surface area contributed by atoms with E-state index >= 15 is 0 Å². The van der Waals surface area contributed by atoms with Gasteiger partial charge < -0.3 is 28.7 Å². The van der Waals surface area contributed by atoms with E-state index in [-0.39, 0.29) is 0 Å². The number of rotatable bonds is 3. The van der Waals surface area contributed by atoms with Gasteiger partial charge in [0.1, 0.15) is 0 Å². The van der Waals surface area contributed by atoms with Crippen molar-refractivity contribution >= 4 is 17.1 Å². The van der Waals surface area contributed by atoms with Crippen LogP contribution in [0, 0.1) is 0 Å². The summed E-state index contributed by atoms with van der Waals surface area (Å²) in [6.45, 7) is 6.49. The highest BCUT2D eigenvalue weighted by atomic mass is 16.6. The zero-order chi connectivity index (χ0) is 20.2. The molecule has 29 heavy (non-hydrogen) atoms. The number of ether oxygens (including phenoxy) is 4. The summed E-state index contributed by atoms with van der Waals surface area (Å²) in [6.07, 6.45) is 0. The maximum Gasteiger partial charge on any atom is 0.0701 e. The van der Waals surface area contributed by atoms with Crippen LogP contribution >= 0.6 is 0 Å². The predicted octanol–water partition coefficient (Wildman–Crippen LogP) is 3.34. The van der Waals surface area contributed by atoms with E-state index < -0.39 is 0 Å². The van der Waals surface area contributed by atoms with Gasteiger partial charge in [-0.3, -0.25) is 0 Å². The van der Waals surface area contributed by atoms with Gasteiger partial charge in [-0.25, -0.2) is 0 Å². The second kappa shape index (κ2) is 12.4. The molecule has 0 aromatic heterocycles. The molecule has 1 saturated heterocycles. The van der Waals surface area contributed by atoms with Crippen LogP contribution in [0.1, 0.15) is 0 Å². The van der Waals surface area contributed by atoms with E-state index in [4.69, 9.17) is 18.9 Å². The van der Waals surface area contributed by atoms with Gasteiger partial charge in [-0.2, -0.15) is 0 Å². The number of para-hydroxylation sites is 1. The first-order valence-electron chi connectivity index (χ1n) is 10.3. The Bertz CT molecular complexity index is 682. The Hall–Kier alpha value is -2.12. The predicted molar refractivity (Wildman–Crippen MR) is 116 cm³/mol. The summed E-state index contributed by atoms with van der Waals surface area (Å²) in [7, 11) is 2.09. The third-order valence-corrected chi connectivity index (χ3v) is 4.85. The highest BCUT2D eigenvalue weighted by Crippen LogP contribution is 2.27. The van der Waals surface area contributed by atoms with Gasteiger partial charge in [0.2, 0.25) is 0 Å². The Morgan fingerprint density at radius 1 is 0.621 bits per heavy atom. The monoisotopic (exact) mass is 400 g/mol. The lowest BCUT2D eigenvalue weighted by Gasteiger charge is -2.27. The molecule has 0 aliphatic carbocycles. The quantitative estimate of drug-likeness (QED) is 0.787. The van der Waals surface area contributed by atoms with Crippen LogP contribution in [0.15, 0.2) is 54.6 Å². The highest BCUT2D eigenvalue weighted by Gasteiger charge is 2.10. The summed E-state index contributed by atoms with van der Waals surface area (Å²) in [6, 6.07) is 19.0. The van der Waals surface area contributed by atoms with Crippen molar-refractivity contribution in [1.82, 2.24) is 0 Å². The Kier molecular flexibility index (Phi) is 9.26. The third-order valence-electron chi connectivity index (χ3n) is 4.85. The molecule has 6 heteroatoms. The van der Waals surface area contributed by atoms with Gasteiger partial charge in [0, 0.05) is 37.2 Å². The molecule has 2 aromatic carbocycles. The molecule has 1 aliphatic heterocycles. The van der Waals surface area contributed by atoms with Crippen LogP contribution in [-0.4, -0.2) is 73.0 Å². The molecule has 1 fully saturated rings. The van der Waals surface area contributed by atoms with Gasteiger partial charge >= 0.3 is 0 Å². The van der Waals surface area contributed by atoms with E-state index in [9.17, 15) is 0 Å². The maximum absolute atomic E-state index is 5.75. The number of nitrogens with zero attached hydrogens (tertiary/aromatic N) is 2. The molecule has 0 atom stereocenters. The number of benzene rings is 2. The zero-order valence-corrected chi connectivity index (χ0v) is 17.3. The van der Waals surface area contributed by atoms with Crippen molar-refractivity contribution in [2.24, 2.45) is 0 Å². The maximum atomic E-state index is 5.75. The van der Waals surface area contributed by atoms with E-state index in [1.54, 1.807) is 0 Å². The van der Waals surface area contributed by atoms with E-state index in [1.165, 1.54) is 0 Å². The summed E-state index contributed by atoms with van der Waals surface area (Å²) in [5.41, 5.74) is 3.47. The standard InChI is InChI=1S/C23H32N2O4/c1-24(21-6-3-2-4-7-21)22-8-5-9-23(20-22)25-10-12-26-14-16-28-18-19-29-17-15-27-13-11-25/h2-9,20H,10-19H2,1H3. The lowest BCUT2D eigenvalue weighted by atomic mass is 10.2. The third kappa shape index (κ3) is 7.33. The smallest absolute Gasteiger partial charge is 0.0701 e. The van der Waals surface area contributed by atoms with Gasteiger partial charge in [-0.05, 0) is 30.3 Å². The zero-order valence-electron chi connectivity index (χ0n) is 17.3. The average Bonchev–Trinajstić information content (AvgIpc) is 2.78. The molecule has 0 unspecified atom stereocenters. The molecule has 6 nitrogen and oxygen atoms in total. The normalized spacial score (nSPS) is 17.9. The van der Waals surface area contributed by atoms with Crippen LogP contribution < -0.4 is 9.80 Å². The topological polar surface area (TPSA) is 43.4 Å². The van der Waals surface area contributed by atoms with Crippen molar-refractivity contribution in [3.05, 3.63) is 54.6 Å². The van der Waals surface area contributed by atoms with Crippen LogP contribution in [-0.2, 0) is 18.9 Å². The minimum Gasteiger partial charge on any atom is -0.377 e. The van der Waals surface area contributed by atoms with Crippen LogP contribution in [0.4, 0.5) is 17.1 Å². The van der Waals surface area contributed by atoms with Crippen LogP contribution in [0.25, 0.3) is 0 Å². The van der Waals surface area contributed by atoms with Gasteiger partial charge in [0.15, 0.2) is 0 Å². The van der Waals surface area contributed by atoms with E-state index in [2.05, 4.69) is 65.4 Å². The summed E-state index contributed by atoms with van der Waals surface area (Å²) in [5, 5.41) is 0. The number of hydrogen-bond donors (Lipinski definition) is 0. The molecule has 0 spiro atoms. The minimum absolute atomic E-state index is 0.594. The summed E-state index contributed by atoms with van der Waals surface area (Å²) >= 11 is 0. The molecule has 158 valence electrons. The lowest BCUT2D eigenvalue weighted by Crippen LogP contribution is -2.31. The molecular weight excluding hydrogens is 368 g/mol.